The molecule has 166 valence electrons. The Morgan fingerprint density at radius 2 is 0.692 bits per heavy atom. The van der Waals surface area contributed by atoms with Gasteiger partial charge in [0, 0.05) is 14.2 Å². The first-order chi connectivity index (χ1) is 11.7. The Labute approximate surface area is 170 Å². The monoisotopic (exact) mass is 448 g/mol. The van der Waals surface area contributed by atoms with Gasteiger partial charge < -0.3 is 21.9 Å². The van der Waals surface area contributed by atoms with E-state index in [2.05, 4.69) is 45.8 Å². The maximum absolute atomic E-state index is 7.00. The number of hydrogen-bond donors (Lipinski definition) is 1. The fraction of sp³-hybridized carbons (Fsp3) is 1.00. The van der Waals surface area contributed by atoms with Crippen LogP contribution in [0, 0.1) is 0 Å². The molecule has 0 spiro atoms. The number of aliphatic hydroxyl groups excluding tert-OH is 1. The second kappa shape index (κ2) is 19.0. The molecule has 0 radical (unpaired) electrons. The molecule has 1 N–H and O–H groups in total. The fourth-order valence-corrected chi connectivity index (χ4v) is 18.8. The van der Waals surface area contributed by atoms with Crippen LogP contribution in [0.5, 0.6) is 0 Å². The van der Waals surface area contributed by atoms with Crippen LogP contribution in [-0.2, 0) is 16.8 Å². The van der Waals surface area contributed by atoms with Crippen molar-refractivity contribution >= 4 is 34.0 Å². The third-order valence-corrected chi connectivity index (χ3v) is 15.3. The van der Waals surface area contributed by atoms with Crippen LogP contribution in [0.15, 0.2) is 0 Å². The number of rotatable bonds is 7. The van der Waals surface area contributed by atoms with Crippen LogP contribution >= 0.6 is 0 Å². The highest BCUT2D eigenvalue weighted by Gasteiger charge is 2.42. The molecule has 0 unspecified atom stereocenters. The first kappa shape index (κ1) is 37.4. The van der Waals surface area contributed by atoms with Gasteiger partial charge in [0.1, 0.15) is 0 Å². The van der Waals surface area contributed by atoms with E-state index in [-0.39, 0.29) is 0 Å². The zero-order chi connectivity index (χ0) is 22.8. The molecular weight excluding hydrogens is 397 g/mol. The van der Waals surface area contributed by atoms with E-state index in [4.69, 9.17) is 21.9 Å². The van der Waals surface area contributed by atoms with Gasteiger partial charge in [-0.15, -0.1) is 0 Å². The molecule has 0 amide bonds. The molecule has 0 rings (SSSR count). The molecule has 0 heterocycles. The maximum Gasteiger partial charge on any atom is 0.322 e. The molecule has 0 aromatic rings. The smallest absolute Gasteiger partial charge is 0.322 e. The molecule has 5 nitrogen and oxygen atoms in total. The Balaban J connectivity index is -0.000000160. The van der Waals surface area contributed by atoms with Crippen LogP contribution in [0.4, 0.5) is 0 Å². The lowest BCUT2D eigenvalue weighted by atomic mass is 11.0. The fourth-order valence-electron chi connectivity index (χ4n) is 2.00. The van der Waals surface area contributed by atoms with Gasteiger partial charge in [-0.05, 0) is 58.9 Å². The Kier molecular flexibility index (Phi) is 27.4. The van der Waals surface area contributed by atoms with Crippen molar-refractivity contribution in [2.45, 2.75) is 100 Å². The molecular formula is C17H52O5Si4. The summed E-state index contributed by atoms with van der Waals surface area (Å²) >= 11 is 0. The van der Waals surface area contributed by atoms with Crippen molar-refractivity contribution in [3.63, 3.8) is 0 Å². The lowest BCUT2D eigenvalue weighted by Crippen LogP contribution is -2.56. The largest absolute Gasteiger partial charge is 0.437 e. The van der Waals surface area contributed by atoms with E-state index in [1.807, 2.05) is 54.6 Å². The summed E-state index contributed by atoms with van der Waals surface area (Å²) in [5, 5.41) is 7.00. The minimum absolute atomic E-state index is 1.00. The van der Waals surface area contributed by atoms with E-state index < -0.39 is 34.0 Å². The molecule has 0 fully saturated rings. The molecule has 0 aromatic heterocycles. The van der Waals surface area contributed by atoms with E-state index >= 15 is 0 Å². The van der Waals surface area contributed by atoms with Crippen LogP contribution < -0.4 is 0 Å². The van der Waals surface area contributed by atoms with Crippen LogP contribution in [0.25, 0.3) is 0 Å². The van der Waals surface area contributed by atoms with Gasteiger partial charge in [0.15, 0.2) is 8.32 Å². The summed E-state index contributed by atoms with van der Waals surface area (Å²) in [7, 11) is -5.25. The summed E-state index contributed by atoms with van der Waals surface area (Å²) in [6, 6.07) is 0. The van der Waals surface area contributed by atoms with Gasteiger partial charge in [0.2, 0.25) is 0 Å². The zero-order valence-electron chi connectivity index (χ0n) is 21.1. The standard InChI is InChI=1S/C10H30O4Si4.3C2H6.CH4O/c1-11-16(5,6)13-18(9,10)14-17(7,8)12-15(2,3)4;4*1-2/h1-10H3;3*1-2H3;2H,1H3. The van der Waals surface area contributed by atoms with Crippen molar-refractivity contribution in [1.82, 2.24) is 0 Å². The Morgan fingerprint density at radius 3 is 0.923 bits per heavy atom. The molecule has 0 aliphatic carbocycles. The molecule has 0 aliphatic heterocycles. The van der Waals surface area contributed by atoms with Crippen molar-refractivity contribution in [2.75, 3.05) is 14.2 Å². The van der Waals surface area contributed by atoms with Gasteiger partial charge in [-0.25, -0.2) is 0 Å². The second-order valence-electron chi connectivity index (χ2n) is 6.82. The predicted octanol–water partition coefficient (Wildman–Crippen LogP) is 6.31. The number of aliphatic hydroxyl groups is 1. The summed E-state index contributed by atoms with van der Waals surface area (Å²) in [5.41, 5.74) is 0. The van der Waals surface area contributed by atoms with Crippen LogP contribution in [0.3, 0.4) is 0 Å². The molecule has 0 bridgehead atoms. The van der Waals surface area contributed by atoms with E-state index in [9.17, 15) is 0 Å². The number of hydrogen-bond acceptors (Lipinski definition) is 5. The second-order valence-corrected chi connectivity index (χ2v) is 22.3. The Hall–Kier alpha value is 0.668. The molecule has 0 atom stereocenters. The maximum atomic E-state index is 7.00. The average molecular weight is 449 g/mol. The molecule has 0 saturated carbocycles. The normalized spacial score (nSPS) is 11.3. The quantitative estimate of drug-likeness (QED) is 0.462. The third-order valence-electron chi connectivity index (χ3n) is 2.03. The summed E-state index contributed by atoms with van der Waals surface area (Å²) in [6.07, 6.45) is 0. The van der Waals surface area contributed by atoms with Crippen LogP contribution in [0.1, 0.15) is 41.5 Å². The third kappa shape index (κ3) is 29.4. The Bertz CT molecular complexity index is 281. The van der Waals surface area contributed by atoms with Crippen molar-refractivity contribution in [3.05, 3.63) is 0 Å². The molecule has 26 heavy (non-hydrogen) atoms. The van der Waals surface area contributed by atoms with Gasteiger partial charge >= 0.3 is 25.7 Å². The van der Waals surface area contributed by atoms with Gasteiger partial charge in [-0.1, -0.05) is 41.5 Å². The summed E-state index contributed by atoms with van der Waals surface area (Å²) in [6.45, 7) is 31.0. The molecule has 0 saturated heterocycles. The topological polar surface area (TPSA) is 57.2 Å². The molecule has 0 aromatic carbocycles. The van der Waals surface area contributed by atoms with Crippen LogP contribution in [-0.4, -0.2) is 53.3 Å². The van der Waals surface area contributed by atoms with Crippen molar-refractivity contribution in [2.24, 2.45) is 0 Å². The summed E-state index contributed by atoms with van der Waals surface area (Å²) in [5.74, 6) is 0. The highest BCUT2D eigenvalue weighted by Crippen LogP contribution is 2.23. The first-order valence-corrected chi connectivity index (χ1v) is 21.6. The minimum atomic E-state index is -2.20. The summed E-state index contributed by atoms with van der Waals surface area (Å²) < 4.78 is 24.0. The van der Waals surface area contributed by atoms with E-state index in [0.717, 1.165) is 7.11 Å². The Morgan fingerprint density at radius 1 is 0.462 bits per heavy atom. The van der Waals surface area contributed by atoms with Crippen molar-refractivity contribution in [3.8, 4) is 0 Å². The van der Waals surface area contributed by atoms with Crippen LogP contribution in [0.2, 0.25) is 58.9 Å². The van der Waals surface area contributed by atoms with Gasteiger partial charge in [0.25, 0.3) is 0 Å². The lowest BCUT2D eigenvalue weighted by Gasteiger charge is -2.39. The van der Waals surface area contributed by atoms with E-state index in [0.29, 0.717) is 0 Å². The first-order valence-electron chi connectivity index (χ1n) is 9.78. The SMILES string of the molecule is CC.CC.CC.CO.CO[Si](C)(C)O[Si](C)(C)O[Si](C)(C)O[Si](C)(C)C. The van der Waals surface area contributed by atoms with Gasteiger partial charge in [-0.2, -0.15) is 0 Å². The average Bonchev–Trinajstić information content (AvgIpc) is 2.50. The highest BCUT2D eigenvalue weighted by molar-refractivity contribution is 6.88. The van der Waals surface area contributed by atoms with Crippen molar-refractivity contribution in [1.29, 1.82) is 0 Å². The van der Waals surface area contributed by atoms with Gasteiger partial charge in [-0.3, -0.25) is 0 Å². The van der Waals surface area contributed by atoms with Gasteiger partial charge in [0.05, 0.1) is 0 Å². The highest BCUT2D eigenvalue weighted by atomic mass is 28.5. The van der Waals surface area contributed by atoms with E-state index in [1.165, 1.54) is 0 Å². The lowest BCUT2D eigenvalue weighted by molar-refractivity contribution is 0.266. The summed E-state index contributed by atoms with van der Waals surface area (Å²) in [4.78, 5) is 0. The zero-order valence-corrected chi connectivity index (χ0v) is 25.1. The van der Waals surface area contributed by atoms with Crippen molar-refractivity contribution < 1.29 is 21.9 Å². The minimum Gasteiger partial charge on any atom is -0.437 e. The van der Waals surface area contributed by atoms with E-state index in [1.54, 1.807) is 7.11 Å². The predicted molar refractivity (Wildman–Crippen MR) is 128 cm³/mol. The molecule has 0 aliphatic rings. The molecule has 9 heteroatoms.